The zero-order valence-corrected chi connectivity index (χ0v) is 20.3. The van der Waals surface area contributed by atoms with Crippen molar-refractivity contribution in [1.82, 2.24) is 5.16 Å². The Bertz CT molecular complexity index is 1220. The van der Waals surface area contributed by atoms with Crippen molar-refractivity contribution in [3.63, 3.8) is 0 Å². The molecule has 35 heavy (non-hydrogen) atoms. The van der Waals surface area contributed by atoms with Gasteiger partial charge in [0.2, 0.25) is 0 Å². The number of nitrogens with zero attached hydrogens (tertiary/aromatic N) is 2. The summed E-state index contributed by atoms with van der Waals surface area (Å²) in [7, 11) is 3.15. The summed E-state index contributed by atoms with van der Waals surface area (Å²) in [6.45, 7) is 1.77. The first-order valence-corrected chi connectivity index (χ1v) is 12.5. The van der Waals surface area contributed by atoms with Crippen LogP contribution in [0.25, 0.3) is 0 Å². The van der Waals surface area contributed by atoms with E-state index in [2.05, 4.69) is 5.16 Å². The number of carbonyl (C=O) groups is 2. The van der Waals surface area contributed by atoms with Crippen LogP contribution in [0.5, 0.6) is 11.5 Å². The fourth-order valence-corrected chi connectivity index (χ4v) is 6.68. The summed E-state index contributed by atoms with van der Waals surface area (Å²) in [6.07, 6.45) is 6.20. The number of ketones is 1. The second kappa shape index (κ2) is 8.43. The van der Waals surface area contributed by atoms with E-state index in [4.69, 9.17) is 18.7 Å². The number of rotatable bonds is 4. The predicted octanol–water partition coefficient (Wildman–Crippen LogP) is 4.53. The van der Waals surface area contributed by atoms with Crippen molar-refractivity contribution in [3.05, 3.63) is 46.9 Å². The lowest BCUT2D eigenvalue weighted by atomic mass is 9.63. The Morgan fingerprint density at radius 1 is 1.03 bits per heavy atom. The summed E-state index contributed by atoms with van der Waals surface area (Å²) in [5, 5.41) is 4.13. The van der Waals surface area contributed by atoms with Crippen molar-refractivity contribution in [2.75, 3.05) is 19.1 Å². The second-order valence-electron chi connectivity index (χ2n) is 10.1. The van der Waals surface area contributed by atoms with E-state index in [1.165, 1.54) is 17.7 Å². The number of aromatic nitrogens is 1. The first-order valence-electron chi connectivity index (χ1n) is 12.5. The van der Waals surface area contributed by atoms with Gasteiger partial charge in [-0.05, 0) is 56.2 Å². The molecule has 1 aromatic heterocycles. The quantitative estimate of drug-likeness (QED) is 0.638. The number of aryl methyl sites for hydroxylation is 1. The molecule has 1 amide bonds. The minimum atomic E-state index is -0.746. The van der Waals surface area contributed by atoms with Gasteiger partial charge >= 0.3 is 0 Å². The molecule has 5 atom stereocenters. The number of anilines is 1. The molecule has 184 valence electrons. The Balaban J connectivity index is 1.50. The average Bonchev–Trinajstić information content (AvgIpc) is 3.44. The number of ether oxygens (including phenoxy) is 3. The van der Waals surface area contributed by atoms with E-state index in [1.807, 2.05) is 6.07 Å². The summed E-state index contributed by atoms with van der Waals surface area (Å²) >= 11 is 0. The van der Waals surface area contributed by atoms with E-state index < -0.39 is 6.04 Å². The van der Waals surface area contributed by atoms with Gasteiger partial charge in [-0.3, -0.25) is 14.5 Å². The molecule has 6 rings (SSSR count). The maximum Gasteiger partial charge on any atom is 0.295 e. The highest BCUT2D eigenvalue weighted by Crippen LogP contribution is 2.53. The lowest BCUT2D eigenvalue weighted by Gasteiger charge is -2.46. The Hall–Kier alpha value is -3.29. The normalized spacial score (nSPS) is 29.9. The fraction of sp³-hybridized carbons (Fsp3) is 0.519. The lowest BCUT2D eigenvalue weighted by molar-refractivity contribution is -0.139. The van der Waals surface area contributed by atoms with Crippen LogP contribution in [0.4, 0.5) is 5.82 Å². The predicted molar refractivity (Wildman–Crippen MR) is 126 cm³/mol. The maximum absolute atomic E-state index is 14.1. The molecule has 2 saturated carbocycles. The molecule has 2 aromatic rings. The molecule has 1 aromatic carbocycles. The van der Waals surface area contributed by atoms with Gasteiger partial charge in [0.1, 0.15) is 29.4 Å². The van der Waals surface area contributed by atoms with Crippen molar-refractivity contribution >= 4 is 17.5 Å². The largest absolute Gasteiger partial charge is 0.497 e. The Morgan fingerprint density at radius 2 is 1.86 bits per heavy atom. The van der Waals surface area contributed by atoms with Crippen LogP contribution in [0.3, 0.4) is 0 Å². The third-order valence-corrected chi connectivity index (χ3v) is 8.27. The van der Waals surface area contributed by atoms with Crippen molar-refractivity contribution in [2.45, 2.75) is 57.6 Å². The summed E-state index contributed by atoms with van der Waals surface area (Å²) in [5.41, 5.74) is 1.03. The smallest absolute Gasteiger partial charge is 0.295 e. The zero-order chi connectivity index (χ0) is 24.3. The lowest BCUT2D eigenvalue weighted by Crippen LogP contribution is -2.48. The van der Waals surface area contributed by atoms with Crippen molar-refractivity contribution in [1.29, 1.82) is 0 Å². The Labute approximate surface area is 204 Å². The summed E-state index contributed by atoms with van der Waals surface area (Å²) in [6, 6.07) is 6.34. The van der Waals surface area contributed by atoms with Crippen LogP contribution in [-0.2, 0) is 14.3 Å². The molecule has 0 N–H and O–H groups in total. The molecule has 0 radical (unpaired) electrons. The molecule has 8 nitrogen and oxygen atoms in total. The van der Waals surface area contributed by atoms with Gasteiger partial charge in [0, 0.05) is 11.6 Å². The minimum Gasteiger partial charge on any atom is -0.497 e. The number of benzene rings is 1. The fourth-order valence-electron chi connectivity index (χ4n) is 6.68. The molecule has 5 unspecified atom stereocenters. The van der Waals surface area contributed by atoms with E-state index in [-0.39, 0.29) is 29.5 Å². The Kier molecular flexibility index (Phi) is 5.34. The molecule has 3 heterocycles. The molecule has 0 bridgehead atoms. The van der Waals surface area contributed by atoms with Crippen LogP contribution in [0.2, 0.25) is 0 Å². The zero-order valence-electron chi connectivity index (χ0n) is 20.3. The topological polar surface area (TPSA) is 91.1 Å². The van der Waals surface area contributed by atoms with Crippen molar-refractivity contribution < 1.29 is 28.3 Å². The van der Waals surface area contributed by atoms with E-state index in [1.54, 1.807) is 39.3 Å². The number of amides is 1. The summed E-state index contributed by atoms with van der Waals surface area (Å²) in [4.78, 5) is 29.6. The third kappa shape index (κ3) is 3.37. The van der Waals surface area contributed by atoms with E-state index >= 15 is 0 Å². The Morgan fingerprint density at radius 3 is 2.60 bits per heavy atom. The van der Waals surface area contributed by atoms with E-state index in [0.29, 0.717) is 46.0 Å². The van der Waals surface area contributed by atoms with Gasteiger partial charge in [-0.15, -0.1) is 0 Å². The van der Waals surface area contributed by atoms with Crippen LogP contribution in [-0.4, -0.2) is 37.2 Å². The van der Waals surface area contributed by atoms with Crippen LogP contribution in [0.1, 0.15) is 55.9 Å². The average molecular weight is 479 g/mol. The highest BCUT2D eigenvalue weighted by Gasteiger charge is 2.56. The minimum absolute atomic E-state index is 0.00575. The SMILES string of the molecule is COc1ccc(OC)c(C2C3=C(OC4C(CCC5CCCCC54)C3=O)C(=O)N2c2cc(C)on2)c1. The van der Waals surface area contributed by atoms with Crippen LogP contribution in [0, 0.1) is 24.7 Å². The molecule has 2 aliphatic heterocycles. The number of hydrogen-bond acceptors (Lipinski definition) is 7. The summed E-state index contributed by atoms with van der Waals surface area (Å²) in [5.74, 6) is 2.50. The van der Waals surface area contributed by atoms with Crippen LogP contribution >= 0.6 is 0 Å². The number of fused-ring (bicyclic) bond motifs is 3. The second-order valence-corrected chi connectivity index (χ2v) is 10.1. The van der Waals surface area contributed by atoms with E-state index in [0.717, 1.165) is 25.7 Å². The van der Waals surface area contributed by atoms with Gasteiger partial charge in [0.15, 0.2) is 17.4 Å². The monoisotopic (exact) mass is 478 g/mol. The van der Waals surface area contributed by atoms with Gasteiger partial charge in [-0.2, -0.15) is 0 Å². The summed E-state index contributed by atoms with van der Waals surface area (Å²) < 4.78 is 23.0. The highest BCUT2D eigenvalue weighted by atomic mass is 16.5. The number of methoxy groups -OCH3 is 2. The highest BCUT2D eigenvalue weighted by molar-refractivity contribution is 6.17. The van der Waals surface area contributed by atoms with Crippen molar-refractivity contribution in [2.24, 2.45) is 17.8 Å². The standard InChI is InChI=1S/C27H30N2O6/c1-14-12-21(28-35-14)29-23(19-13-16(32-2)9-11-20(19)33-3)22-24(30)18-10-8-15-6-4-5-7-17(15)25(18)34-26(22)27(29)31/h9,11-13,15,17-18,23,25H,4-8,10H2,1-3H3. The van der Waals surface area contributed by atoms with Crippen LogP contribution in [0.15, 0.2) is 40.1 Å². The number of Topliss-reactive ketones (excluding diaryl/α,β-unsaturated/α-hetero) is 1. The van der Waals surface area contributed by atoms with E-state index in [9.17, 15) is 9.59 Å². The molecule has 4 aliphatic rings. The third-order valence-electron chi connectivity index (χ3n) is 8.27. The molecule has 8 heteroatoms. The molecular weight excluding hydrogens is 448 g/mol. The van der Waals surface area contributed by atoms with Gasteiger partial charge in [0.05, 0.1) is 25.7 Å². The van der Waals surface area contributed by atoms with Gasteiger partial charge < -0.3 is 18.7 Å². The molecule has 2 aliphatic carbocycles. The maximum atomic E-state index is 14.1. The molecule has 0 spiro atoms. The van der Waals surface area contributed by atoms with Crippen LogP contribution < -0.4 is 14.4 Å². The first-order chi connectivity index (χ1) is 17.0. The molecule has 0 saturated heterocycles. The molecular formula is C27H30N2O6. The van der Waals surface area contributed by atoms with Gasteiger partial charge in [-0.1, -0.05) is 24.4 Å². The molecule has 2 fully saturated rings. The van der Waals surface area contributed by atoms with Crippen molar-refractivity contribution in [3.8, 4) is 11.5 Å². The first kappa shape index (κ1) is 22.2. The number of carbonyl (C=O) groups excluding carboxylic acids is 2. The van der Waals surface area contributed by atoms with Gasteiger partial charge in [0.25, 0.3) is 5.91 Å². The van der Waals surface area contributed by atoms with Gasteiger partial charge in [-0.25, -0.2) is 0 Å². The number of hydrogen-bond donors (Lipinski definition) is 0.